The van der Waals surface area contributed by atoms with Gasteiger partial charge < -0.3 is 20.1 Å². The van der Waals surface area contributed by atoms with Gasteiger partial charge in [0.1, 0.15) is 18.1 Å². The number of nitrogens with one attached hydrogen (secondary N) is 2. The van der Waals surface area contributed by atoms with Gasteiger partial charge in [0.25, 0.3) is 5.91 Å². The molecule has 0 unspecified atom stereocenters. The first-order valence-electron chi connectivity index (χ1n) is 9.14. The lowest BCUT2D eigenvalue weighted by molar-refractivity contribution is -0.126. The average molecular weight is 366 g/mol. The number of rotatable bonds is 5. The number of hydrogen-bond acceptors (Lipinski definition) is 4. The molecule has 1 aliphatic carbocycles. The summed E-state index contributed by atoms with van der Waals surface area (Å²) in [6.45, 7) is 0.392. The lowest BCUT2D eigenvalue weighted by Crippen LogP contribution is -2.38. The molecule has 0 saturated heterocycles. The van der Waals surface area contributed by atoms with Gasteiger partial charge in [0.2, 0.25) is 5.91 Å². The largest absolute Gasteiger partial charge is 0.497 e. The molecular formula is C21H22N2O4. The fraction of sp³-hybridized carbons (Fsp3) is 0.333. The molecule has 1 heterocycles. The van der Waals surface area contributed by atoms with Crippen LogP contribution in [-0.4, -0.2) is 31.6 Å². The standard InChI is InChI=1S/C21H22N2O4/c1-26-18-7-2-13(3-8-18)20(24)23-17-6-9-19-14(11-17)10-15(12-27-19)21(25)22-16-4-5-16/h2-3,6-9,11,15-16H,4-5,10,12H2,1H3,(H,22,25)(H,23,24)/t15-/m1/s1. The van der Waals surface area contributed by atoms with Crippen molar-refractivity contribution < 1.29 is 19.1 Å². The Morgan fingerprint density at radius 2 is 1.89 bits per heavy atom. The van der Waals surface area contributed by atoms with Gasteiger partial charge in [-0.15, -0.1) is 0 Å². The average Bonchev–Trinajstić information content (AvgIpc) is 3.51. The van der Waals surface area contributed by atoms with Crippen LogP contribution >= 0.6 is 0 Å². The van der Waals surface area contributed by atoms with E-state index in [1.54, 1.807) is 31.4 Å². The van der Waals surface area contributed by atoms with E-state index in [2.05, 4.69) is 10.6 Å². The normalized spacial score (nSPS) is 18.0. The summed E-state index contributed by atoms with van der Waals surface area (Å²) in [6, 6.07) is 12.8. The van der Waals surface area contributed by atoms with E-state index < -0.39 is 0 Å². The first-order chi connectivity index (χ1) is 13.1. The highest BCUT2D eigenvalue weighted by Gasteiger charge is 2.30. The second-order valence-electron chi connectivity index (χ2n) is 7.00. The lowest BCUT2D eigenvalue weighted by Gasteiger charge is -2.25. The first-order valence-corrected chi connectivity index (χ1v) is 9.14. The van der Waals surface area contributed by atoms with Crippen molar-refractivity contribution in [3.63, 3.8) is 0 Å². The second-order valence-corrected chi connectivity index (χ2v) is 7.00. The van der Waals surface area contributed by atoms with E-state index in [9.17, 15) is 9.59 Å². The van der Waals surface area contributed by atoms with Crippen molar-refractivity contribution in [1.29, 1.82) is 0 Å². The molecule has 0 radical (unpaired) electrons. The molecule has 0 aromatic heterocycles. The van der Waals surface area contributed by atoms with E-state index in [-0.39, 0.29) is 17.7 Å². The SMILES string of the molecule is COc1ccc(C(=O)Nc2ccc3c(c2)C[C@@H](C(=O)NC2CC2)CO3)cc1. The number of carbonyl (C=O) groups is 2. The smallest absolute Gasteiger partial charge is 0.255 e. The monoisotopic (exact) mass is 366 g/mol. The zero-order valence-electron chi connectivity index (χ0n) is 15.2. The van der Waals surface area contributed by atoms with E-state index in [4.69, 9.17) is 9.47 Å². The van der Waals surface area contributed by atoms with E-state index in [1.165, 1.54) is 0 Å². The van der Waals surface area contributed by atoms with Gasteiger partial charge in [0.05, 0.1) is 13.0 Å². The summed E-state index contributed by atoms with van der Waals surface area (Å²) in [5.74, 6) is 1.14. The van der Waals surface area contributed by atoms with Gasteiger partial charge >= 0.3 is 0 Å². The van der Waals surface area contributed by atoms with Crippen LogP contribution in [0, 0.1) is 5.92 Å². The van der Waals surface area contributed by atoms with E-state index >= 15 is 0 Å². The van der Waals surface area contributed by atoms with Crippen molar-refractivity contribution in [3.8, 4) is 11.5 Å². The van der Waals surface area contributed by atoms with Crippen LogP contribution in [0.4, 0.5) is 5.69 Å². The van der Waals surface area contributed by atoms with Gasteiger partial charge in [-0.2, -0.15) is 0 Å². The van der Waals surface area contributed by atoms with Crippen LogP contribution in [0.1, 0.15) is 28.8 Å². The predicted octanol–water partition coefficient (Wildman–Crippen LogP) is 2.78. The van der Waals surface area contributed by atoms with Crippen LogP contribution in [0.3, 0.4) is 0 Å². The van der Waals surface area contributed by atoms with Gasteiger partial charge in [0, 0.05) is 17.3 Å². The highest BCUT2D eigenvalue weighted by molar-refractivity contribution is 6.04. The summed E-state index contributed by atoms with van der Waals surface area (Å²) < 4.78 is 10.9. The molecule has 2 aromatic rings. The van der Waals surface area contributed by atoms with E-state index in [0.29, 0.717) is 36.1 Å². The minimum atomic E-state index is -0.197. The topological polar surface area (TPSA) is 76.7 Å². The Labute approximate surface area is 157 Å². The summed E-state index contributed by atoms with van der Waals surface area (Å²) in [6.07, 6.45) is 2.75. The Balaban J connectivity index is 1.43. The molecule has 6 nitrogen and oxygen atoms in total. The zero-order chi connectivity index (χ0) is 18.8. The summed E-state index contributed by atoms with van der Waals surface area (Å²) in [5.41, 5.74) is 2.16. The number of ether oxygens (including phenoxy) is 2. The predicted molar refractivity (Wildman–Crippen MR) is 101 cm³/mol. The van der Waals surface area contributed by atoms with Crippen LogP contribution in [-0.2, 0) is 11.2 Å². The number of fused-ring (bicyclic) bond motifs is 1. The molecule has 140 valence electrons. The van der Waals surface area contributed by atoms with Crippen molar-refractivity contribution in [2.75, 3.05) is 19.0 Å². The molecule has 2 aromatic carbocycles. The molecule has 4 rings (SSSR count). The Bertz CT molecular complexity index is 859. The molecule has 1 saturated carbocycles. The molecule has 0 bridgehead atoms. The maximum Gasteiger partial charge on any atom is 0.255 e. The molecule has 0 spiro atoms. The van der Waals surface area contributed by atoms with Gasteiger partial charge in [-0.25, -0.2) is 0 Å². The van der Waals surface area contributed by atoms with Gasteiger partial charge in [-0.05, 0) is 67.3 Å². The third kappa shape index (κ3) is 4.05. The molecule has 27 heavy (non-hydrogen) atoms. The summed E-state index contributed by atoms with van der Waals surface area (Å²) in [4.78, 5) is 24.7. The fourth-order valence-corrected chi connectivity index (χ4v) is 3.13. The van der Waals surface area contributed by atoms with Crippen LogP contribution in [0.5, 0.6) is 11.5 Å². The molecule has 2 aliphatic rings. The molecule has 1 fully saturated rings. The Morgan fingerprint density at radius 3 is 2.59 bits per heavy atom. The van der Waals surface area contributed by atoms with Crippen molar-refractivity contribution in [1.82, 2.24) is 5.32 Å². The molecule has 2 N–H and O–H groups in total. The molecule has 2 amide bonds. The van der Waals surface area contributed by atoms with Gasteiger partial charge in [0.15, 0.2) is 0 Å². The molecule has 1 atom stereocenters. The maximum absolute atomic E-state index is 12.4. The number of carbonyl (C=O) groups excluding carboxylic acids is 2. The number of amides is 2. The van der Waals surface area contributed by atoms with Crippen LogP contribution < -0.4 is 20.1 Å². The number of anilines is 1. The number of hydrogen-bond donors (Lipinski definition) is 2. The minimum absolute atomic E-state index is 0.0517. The maximum atomic E-state index is 12.4. The number of methoxy groups -OCH3 is 1. The van der Waals surface area contributed by atoms with Crippen molar-refractivity contribution in [2.24, 2.45) is 5.92 Å². The second kappa shape index (κ2) is 7.31. The first kappa shape index (κ1) is 17.4. The zero-order valence-corrected chi connectivity index (χ0v) is 15.2. The van der Waals surface area contributed by atoms with Crippen LogP contribution in [0.2, 0.25) is 0 Å². The van der Waals surface area contributed by atoms with Gasteiger partial charge in [-0.1, -0.05) is 0 Å². The van der Waals surface area contributed by atoms with E-state index in [1.807, 2.05) is 18.2 Å². The highest BCUT2D eigenvalue weighted by atomic mass is 16.5. The highest BCUT2D eigenvalue weighted by Crippen LogP contribution is 2.31. The Hall–Kier alpha value is -3.02. The van der Waals surface area contributed by atoms with Crippen molar-refractivity contribution >= 4 is 17.5 Å². The summed E-state index contributed by atoms with van der Waals surface area (Å²) in [5, 5.41) is 5.93. The van der Waals surface area contributed by atoms with E-state index in [0.717, 1.165) is 24.2 Å². The van der Waals surface area contributed by atoms with Crippen molar-refractivity contribution in [3.05, 3.63) is 53.6 Å². The third-order valence-electron chi connectivity index (χ3n) is 4.87. The summed E-state index contributed by atoms with van der Waals surface area (Å²) in [7, 11) is 1.59. The fourth-order valence-electron chi connectivity index (χ4n) is 3.13. The Morgan fingerprint density at radius 1 is 1.11 bits per heavy atom. The number of benzene rings is 2. The Kier molecular flexibility index (Phi) is 4.71. The third-order valence-corrected chi connectivity index (χ3v) is 4.87. The van der Waals surface area contributed by atoms with Crippen LogP contribution in [0.15, 0.2) is 42.5 Å². The quantitative estimate of drug-likeness (QED) is 0.853. The van der Waals surface area contributed by atoms with Gasteiger partial charge in [-0.3, -0.25) is 9.59 Å². The molecule has 1 aliphatic heterocycles. The summed E-state index contributed by atoms with van der Waals surface area (Å²) >= 11 is 0. The minimum Gasteiger partial charge on any atom is -0.497 e. The molecule has 6 heteroatoms. The molecular weight excluding hydrogens is 344 g/mol. The van der Waals surface area contributed by atoms with Crippen LogP contribution in [0.25, 0.3) is 0 Å². The van der Waals surface area contributed by atoms with Crippen molar-refractivity contribution in [2.45, 2.75) is 25.3 Å². The lowest BCUT2D eigenvalue weighted by atomic mass is 9.95.